The maximum absolute atomic E-state index is 11.6. The largest absolute Gasteiger partial charge is 0.303 e. The molecule has 4 heteroatoms. The maximum Gasteiger partial charge on any atom is 0.303 e. The number of alkyl halides is 1. The molecule has 0 aliphatic rings. The quantitative estimate of drug-likeness (QED) is 0.497. The van der Waals surface area contributed by atoms with Gasteiger partial charge in [0.15, 0.2) is 5.83 Å². The number of rotatable bonds is 1. The molecule has 0 aliphatic heterocycles. The van der Waals surface area contributed by atoms with E-state index in [9.17, 15) is 13.2 Å². The van der Waals surface area contributed by atoms with E-state index in [0.717, 1.165) is 6.92 Å². The van der Waals surface area contributed by atoms with E-state index in [4.69, 9.17) is 11.6 Å². The minimum Gasteiger partial charge on any atom is -0.204 e. The van der Waals surface area contributed by atoms with Gasteiger partial charge in [0.2, 0.25) is 0 Å². The van der Waals surface area contributed by atoms with Crippen LogP contribution >= 0.6 is 11.6 Å². The summed E-state index contributed by atoms with van der Waals surface area (Å²) in [4.78, 5) is 0. The zero-order valence-electron chi connectivity index (χ0n) is 4.09. The first kappa shape index (κ1) is 7.82. The fraction of sp³-hybridized carbons (Fsp3) is 0.500. The zero-order valence-corrected chi connectivity index (χ0v) is 4.85. The number of halogens is 4. The van der Waals surface area contributed by atoms with Gasteiger partial charge in [-0.25, -0.2) is 4.39 Å². The SMILES string of the molecule is CC(Cl)C(F)=C(F)F. The molecule has 0 aromatic rings. The first-order chi connectivity index (χ1) is 3.55. The highest BCUT2D eigenvalue weighted by molar-refractivity contribution is 6.21. The number of allylic oxidation sites excluding steroid dienone is 1. The molecular weight excluding hydrogens is 140 g/mol. The molecule has 0 bridgehead atoms. The van der Waals surface area contributed by atoms with Gasteiger partial charge in [-0.1, -0.05) is 0 Å². The summed E-state index contributed by atoms with van der Waals surface area (Å²) in [6.45, 7) is 1.13. The molecule has 0 heterocycles. The molecular formula is C4H4ClF3. The van der Waals surface area contributed by atoms with E-state index in [1.165, 1.54) is 0 Å². The average Bonchev–Trinajstić information content (AvgIpc) is 1.64. The third kappa shape index (κ3) is 2.21. The Labute approximate surface area is 49.9 Å². The molecule has 0 aromatic heterocycles. The lowest BCUT2D eigenvalue weighted by atomic mass is 10.4. The van der Waals surface area contributed by atoms with Crippen LogP contribution < -0.4 is 0 Å². The Bertz CT molecular complexity index is 104. The van der Waals surface area contributed by atoms with Crippen molar-refractivity contribution >= 4 is 11.6 Å². The lowest BCUT2D eigenvalue weighted by molar-refractivity contribution is 0.374. The molecule has 0 rings (SSSR count). The topological polar surface area (TPSA) is 0 Å². The molecule has 0 aliphatic carbocycles. The highest BCUT2D eigenvalue weighted by atomic mass is 35.5. The Balaban J connectivity index is 4.00. The van der Waals surface area contributed by atoms with Crippen molar-refractivity contribution in [3.05, 3.63) is 11.9 Å². The summed E-state index contributed by atoms with van der Waals surface area (Å²) in [6.07, 6.45) is -2.34. The fourth-order valence-electron chi connectivity index (χ4n) is 0.150. The highest BCUT2D eigenvalue weighted by Crippen LogP contribution is 2.16. The maximum atomic E-state index is 11.6. The Morgan fingerprint density at radius 3 is 1.75 bits per heavy atom. The number of hydrogen-bond donors (Lipinski definition) is 0. The molecule has 0 saturated heterocycles. The highest BCUT2D eigenvalue weighted by Gasteiger charge is 2.10. The van der Waals surface area contributed by atoms with Gasteiger partial charge in [-0.3, -0.25) is 0 Å². The van der Waals surface area contributed by atoms with Crippen molar-refractivity contribution in [1.82, 2.24) is 0 Å². The van der Waals surface area contributed by atoms with Gasteiger partial charge < -0.3 is 0 Å². The zero-order chi connectivity index (χ0) is 6.73. The van der Waals surface area contributed by atoms with E-state index >= 15 is 0 Å². The van der Waals surface area contributed by atoms with Crippen molar-refractivity contribution in [1.29, 1.82) is 0 Å². The first-order valence-corrected chi connectivity index (χ1v) is 2.34. The molecule has 0 radical (unpaired) electrons. The summed E-state index contributed by atoms with van der Waals surface area (Å²) < 4.78 is 33.8. The summed E-state index contributed by atoms with van der Waals surface area (Å²) in [7, 11) is 0. The first-order valence-electron chi connectivity index (χ1n) is 1.90. The molecule has 0 N–H and O–H groups in total. The Morgan fingerprint density at radius 1 is 1.38 bits per heavy atom. The molecule has 48 valence electrons. The molecule has 1 unspecified atom stereocenters. The van der Waals surface area contributed by atoms with Crippen LogP contribution in [0.5, 0.6) is 0 Å². The normalized spacial score (nSPS) is 13.1. The summed E-state index contributed by atoms with van der Waals surface area (Å²) in [5.41, 5.74) is 0. The van der Waals surface area contributed by atoms with E-state index in [-0.39, 0.29) is 0 Å². The van der Waals surface area contributed by atoms with E-state index in [0.29, 0.717) is 0 Å². The lowest BCUT2D eigenvalue weighted by Crippen LogP contribution is -1.90. The molecule has 0 saturated carbocycles. The summed E-state index contributed by atoms with van der Waals surface area (Å²) in [6, 6.07) is 0. The standard InChI is InChI=1S/C4H4ClF3/c1-2(5)3(6)4(7)8/h2H,1H3. The third-order valence-corrected chi connectivity index (χ3v) is 0.721. The average molecular weight is 145 g/mol. The van der Waals surface area contributed by atoms with E-state index in [1.807, 2.05) is 0 Å². The van der Waals surface area contributed by atoms with Crippen LogP contribution in [0.4, 0.5) is 13.2 Å². The van der Waals surface area contributed by atoms with Crippen molar-refractivity contribution in [3.8, 4) is 0 Å². The number of hydrogen-bond acceptors (Lipinski definition) is 0. The van der Waals surface area contributed by atoms with E-state index < -0.39 is 17.3 Å². The lowest BCUT2D eigenvalue weighted by Gasteiger charge is -1.93. The second-order valence-electron chi connectivity index (χ2n) is 1.22. The van der Waals surface area contributed by atoms with Gasteiger partial charge in [-0.2, -0.15) is 8.78 Å². The Kier molecular flexibility index (Phi) is 2.90. The Hall–Kier alpha value is -0.180. The van der Waals surface area contributed by atoms with Crippen molar-refractivity contribution in [2.45, 2.75) is 12.3 Å². The van der Waals surface area contributed by atoms with Crippen LogP contribution in [-0.2, 0) is 0 Å². The smallest absolute Gasteiger partial charge is 0.204 e. The van der Waals surface area contributed by atoms with Gasteiger partial charge in [0.25, 0.3) is 0 Å². The van der Waals surface area contributed by atoms with E-state index in [2.05, 4.69) is 0 Å². The summed E-state index contributed by atoms with van der Waals surface area (Å²) in [5, 5.41) is -1.22. The van der Waals surface area contributed by atoms with Gasteiger partial charge in [0.05, 0.1) is 5.38 Å². The van der Waals surface area contributed by atoms with Gasteiger partial charge in [0.1, 0.15) is 0 Å². The molecule has 1 atom stereocenters. The summed E-state index contributed by atoms with van der Waals surface area (Å²) in [5.74, 6) is -1.55. The molecule has 0 spiro atoms. The van der Waals surface area contributed by atoms with Gasteiger partial charge >= 0.3 is 6.08 Å². The minimum absolute atomic E-state index is 1.13. The second-order valence-corrected chi connectivity index (χ2v) is 1.88. The fourth-order valence-corrected chi connectivity index (χ4v) is 0.233. The predicted molar refractivity (Wildman–Crippen MR) is 25.7 cm³/mol. The van der Waals surface area contributed by atoms with Gasteiger partial charge in [-0.15, -0.1) is 11.6 Å². The van der Waals surface area contributed by atoms with Crippen molar-refractivity contribution in [2.75, 3.05) is 0 Å². The molecule has 0 fully saturated rings. The van der Waals surface area contributed by atoms with Crippen LogP contribution in [0.25, 0.3) is 0 Å². The predicted octanol–water partition coefficient (Wildman–Crippen LogP) is 2.69. The second kappa shape index (κ2) is 2.97. The van der Waals surface area contributed by atoms with Crippen LogP contribution in [0.3, 0.4) is 0 Å². The van der Waals surface area contributed by atoms with Crippen LogP contribution in [0, 0.1) is 0 Å². The van der Waals surface area contributed by atoms with E-state index in [1.54, 1.807) is 0 Å². The Morgan fingerprint density at radius 2 is 1.75 bits per heavy atom. The van der Waals surface area contributed by atoms with Crippen LogP contribution in [0.15, 0.2) is 11.9 Å². The van der Waals surface area contributed by atoms with Crippen molar-refractivity contribution in [2.24, 2.45) is 0 Å². The van der Waals surface area contributed by atoms with Crippen LogP contribution in [0.1, 0.15) is 6.92 Å². The van der Waals surface area contributed by atoms with Gasteiger partial charge in [-0.05, 0) is 6.92 Å². The monoisotopic (exact) mass is 144 g/mol. The van der Waals surface area contributed by atoms with Crippen LogP contribution in [-0.4, -0.2) is 5.38 Å². The van der Waals surface area contributed by atoms with Crippen LogP contribution in [0.2, 0.25) is 0 Å². The molecule has 8 heavy (non-hydrogen) atoms. The van der Waals surface area contributed by atoms with Gasteiger partial charge in [0, 0.05) is 0 Å². The van der Waals surface area contributed by atoms with Crippen molar-refractivity contribution in [3.63, 3.8) is 0 Å². The molecule has 0 nitrogen and oxygen atoms in total. The minimum atomic E-state index is -2.34. The van der Waals surface area contributed by atoms with Crippen molar-refractivity contribution < 1.29 is 13.2 Å². The molecule has 0 amide bonds. The third-order valence-electron chi connectivity index (χ3n) is 0.530. The molecule has 0 aromatic carbocycles. The summed E-state index contributed by atoms with van der Waals surface area (Å²) >= 11 is 4.91.